The van der Waals surface area contributed by atoms with Crippen LogP contribution in [0.25, 0.3) is 0 Å². The van der Waals surface area contributed by atoms with E-state index in [1.165, 1.54) is 12.8 Å². The Kier molecular flexibility index (Phi) is 8.41. The fourth-order valence-electron chi connectivity index (χ4n) is 5.71. The van der Waals surface area contributed by atoms with E-state index in [-0.39, 0.29) is 35.4 Å². The molecule has 0 bridgehead atoms. The van der Waals surface area contributed by atoms with Gasteiger partial charge < -0.3 is 10.2 Å². The lowest BCUT2D eigenvalue weighted by atomic mass is 9.80. The van der Waals surface area contributed by atoms with E-state index in [0.717, 1.165) is 63.7 Å². The number of nitrogens with zero attached hydrogens (tertiary/aromatic N) is 2. The standard InChI is InChI=1S/C28H41N3O3/c1-20(2)27(33)26(21-9-4-3-5-10-21)29-28(34)23-12-6-11-22(17-23)24-13-7-16-31(18-24)25(32)19-30-14-8-15-30/h6,11-12,17,20-21,24,26H,3-5,7-10,13-16,18-19H2,1-2H3,(H,29,34). The normalized spacial score (nSPS) is 22.8. The lowest BCUT2D eigenvalue weighted by Gasteiger charge is -2.36. The van der Waals surface area contributed by atoms with Crippen molar-refractivity contribution in [2.75, 3.05) is 32.7 Å². The minimum absolute atomic E-state index is 0.0967. The Labute approximate surface area is 204 Å². The molecule has 2 saturated heterocycles. The molecule has 186 valence electrons. The summed E-state index contributed by atoms with van der Waals surface area (Å²) in [6.07, 6.45) is 8.69. The Morgan fingerprint density at radius 1 is 0.971 bits per heavy atom. The second kappa shape index (κ2) is 11.5. The summed E-state index contributed by atoms with van der Waals surface area (Å²) in [5.74, 6) is 0.586. The summed E-state index contributed by atoms with van der Waals surface area (Å²) >= 11 is 0. The molecular weight excluding hydrogens is 426 g/mol. The molecule has 2 heterocycles. The number of piperidine rings is 1. The summed E-state index contributed by atoms with van der Waals surface area (Å²) in [7, 11) is 0. The van der Waals surface area contributed by atoms with E-state index >= 15 is 0 Å². The molecule has 3 fully saturated rings. The molecule has 2 amide bonds. The molecule has 1 aromatic rings. The second-order valence-electron chi connectivity index (χ2n) is 10.8. The van der Waals surface area contributed by atoms with Crippen LogP contribution in [-0.2, 0) is 9.59 Å². The van der Waals surface area contributed by atoms with Crippen molar-refractivity contribution in [3.05, 3.63) is 35.4 Å². The highest BCUT2D eigenvalue weighted by Crippen LogP contribution is 2.30. The number of carbonyl (C=O) groups excluding carboxylic acids is 3. The number of rotatable bonds is 8. The first-order valence-electron chi connectivity index (χ1n) is 13.4. The van der Waals surface area contributed by atoms with Crippen molar-refractivity contribution in [3.63, 3.8) is 0 Å². The summed E-state index contributed by atoms with van der Waals surface area (Å²) in [4.78, 5) is 43.2. The molecule has 0 radical (unpaired) electrons. The third-order valence-electron chi connectivity index (χ3n) is 7.99. The predicted octanol–water partition coefficient (Wildman–Crippen LogP) is 4.00. The van der Waals surface area contributed by atoms with Gasteiger partial charge >= 0.3 is 0 Å². The molecule has 3 aliphatic rings. The van der Waals surface area contributed by atoms with E-state index in [1.54, 1.807) is 0 Å². The molecule has 4 rings (SSSR count). The Balaban J connectivity index is 1.42. The van der Waals surface area contributed by atoms with E-state index in [9.17, 15) is 14.4 Å². The molecule has 1 saturated carbocycles. The zero-order chi connectivity index (χ0) is 24.1. The molecule has 0 spiro atoms. The van der Waals surface area contributed by atoms with Gasteiger partial charge in [0.2, 0.25) is 5.91 Å². The third kappa shape index (κ3) is 6.07. The summed E-state index contributed by atoms with van der Waals surface area (Å²) in [5, 5.41) is 3.12. The Morgan fingerprint density at radius 3 is 2.41 bits per heavy atom. The maximum absolute atomic E-state index is 13.3. The van der Waals surface area contributed by atoms with E-state index in [4.69, 9.17) is 0 Å². The van der Waals surface area contributed by atoms with Gasteiger partial charge in [0.25, 0.3) is 5.91 Å². The van der Waals surface area contributed by atoms with Gasteiger partial charge in [0, 0.05) is 30.5 Å². The topological polar surface area (TPSA) is 69.7 Å². The zero-order valence-electron chi connectivity index (χ0n) is 20.9. The molecule has 1 N–H and O–H groups in total. The number of amides is 2. The van der Waals surface area contributed by atoms with Gasteiger partial charge in [-0.3, -0.25) is 19.3 Å². The number of likely N-dealkylation sites (tertiary alicyclic amines) is 2. The van der Waals surface area contributed by atoms with Gasteiger partial charge in [0.1, 0.15) is 0 Å². The van der Waals surface area contributed by atoms with Crippen LogP contribution in [0.1, 0.15) is 87.1 Å². The van der Waals surface area contributed by atoms with Crippen LogP contribution in [0.4, 0.5) is 0 Å². The van der Waals surface area contributed by atoms with Crippen LogP contribution in [0.5, 0.6) is 0 Å². The van der Waals surface area contributed by atoms with Crippen molar-refractivity contribution in [1.29, 1.82) is 0 Å². The summed E-state index contributed by atoms with van der Waals surface area (Å²) in [5.41, 5.74) is 1.72. The van der Waals surface area contributed by atoms with Crippen molar-refractivity contribution in [1.82, 2.24) is 15.1 Å². The van der Waals surface area contributed by atoms with Gasteiger partial charge in [0.05, 0.1) is 12.6 Å². The molecule has 2 unspecified atom stereocenters. The van der Waals surface area contributed by atoms with Crippen LogP contribution < -0.4 is 5.32 Å². The van der Waals surface area contributed by atoms with E-state index < -0.39 is 6.04 Å². The number of benzene rings is 1. The van der Waals surface area contributed by atoms with Crippen LogP contribution >= 0.6 is 0 Å². The molecular formula is C28H41N3O3. The minimum Gasteiger partial charge on any atom is -0.342 e. The first-order chi connectivity index (χ1) is 16.4. The highest BCUT2D eigenvalue weighted by Gasteiger charge is 2.33. The van der Waals surface area contributed by atoms with Gasteiger partial charge in [-0.05, 0) is 68.8 Å². The van der Waals surface area contributed by atoms with Crippen molar-refractivity contribution in [2.24, 2.45) is 11.8 Å². The monoisotopic (exact) mass is 467 g/mol. The highest BCUT2D eigenvalue weighted by atomic mass is 16.2. The molecule has 1 aliphatic carbocycles. The largest absolute Gasteiger partial charge is 0.342 e. The summed E-state index contributed by atoms with van der Waals surface area (Å²) in [6, 6.07) is 7.42. The maximum atomic E-state index is 13.3. The molecule has 34 heavy (non-hydrogen) atoms. The van der Waals surface area contributed by atoms with Crippen LogP contribution in [0.2, 0.25) is 0 Å². The molecule has 6 nitrogen and oxygen atoms in total. The van der Waals surface area contributed by atoms with Crippen LogP contribution in [0, 0.1) is 11.8 Å². The van der Waals surface area contributed by atoms with Crippen LogP contribution in [0.3, 0.4) is 0 Å². The van der Waals surface area contributed by atoms with E-state index in [0.29, 0.717) is 18.7 Å². The van der Waals surface area contributed by atoms with E-state index in [2.05, 4.69) is 16.3 Å². The zero-order valence-corrected chi connectivity index (χ0v) is 20.9. The van der Waals surface area contributed by atoms with Crippen LogP contribution in [-0.4, -0.2) is 66.2 Å². The first-order valence-corrected chi connectivity index (χ1v) is 13.4. The van der Waals surface area contributed by atoms with Crippen molar-refractivity contribution >= 4 is 17.6 Å². The third-order valence-corrected chi connectivity index (χ3v) is 7.99. The molecule has 0 aromatic heterocycles. The summed E-state index contributed by atoms with van der Waals surface area (Å²) < 4.78 is 0. The SMILES string of the molecule is CC(C)C(=O)C(NC(=O)c1cccc(C2CCCN(C(=O)CN3CCC3)C2)c1)C1CCCCC1. The van der Waals surface area contributed by atoms with Crippen molar-refractivity contribution in [2.45, 2.75) is 77.2 Å². The Morgan fingerprint density at radius 2 is 1.74 bits per heavy atom. The number of Topliss-reactive ketones (excluding diaryl/α,β-unsaturated/α-hetero) is 1. The fraction of sp³-hybridized carbons (Fsp3) is 0.679. The van der Waals surface area contributed by atoms with E-state index in [1.807, 2.05) is 36.9 Å². The number of ketones is 1. The number of hydrogen-bond acceptors (Lipinski definition) is 4. The van der Waals surface area contributed by atoms with Gasteiger partial charge in [-0.2, -0.15) is 0 Å². The van der Waals surface area contributed by atoms with Gasteiger partial charge in [0.15, 0.2) is 5.78 Å². The Hall–Kier alpha value is -2.21. The van der Waals surface area contributed by atoms with Crippen molar-refractivity contribution < 1.29 is 14.4 Å². The molecule has 1 aromatic carbocycles. The lowest BCUT2D eigenvalue weighted by Crippen LogP contribution is -2.48. The molecule has 2 atom stereocenters. The fourth-order valence-corrected chi connectivity index (χ4v) is 5.71. The number of carbonyl (C=O) groups is 3. The Bertz CT molecular complexity index is 873. The average molecular weight is 468 g/mol. The minimum atomic E-state index is -0.402. The maximum Gasteiger partial charge on any atom is 0.251 e. The van der Waals surface area contributed by atoms with Crippen LogP contribution in [0.15, 0.2) is 24.3 Å². The summed E-state index contributed by atoms with van der Waals surface area (Å²) in [6.45, 7) is 7.97. The smallest absolute Gasteiger partial charge is 0.251 e. The quantitative estimate of drug-likeness (QED) is 0.627. The molecule has 6 heteroatoms. The van der Waals surface area contributed by atoms with Gasteiger partial charge in [-0.25, -0.2) is 0 Å². The first kappa shape index (κ1) is 24.9. The lowest BCUT2D eigenvalue weighted by molar-refractivity contribution is -0.134. The van der Waals surface area contributed by atoms with Crippen molar-refractivity contribution in [3.8, 4) is 0 Å². The number of hydrogen-bond donors (Lipinski definition) is 1. The highest BCUT2D eigenvalue weighted by molar-refractivity contribution is 5.98. The second-order valence-corrected chi connectivity index (χ2v) is 10.8. The predicted molar refractivity (Wildman–Crippen MR) is 134 cm³/mol. The number of nitrogens with one attached hydrogen (secondary N) is 1. The van der Waals surface area contributed by atoms with Gasteiger partial charge in [-0.1, -0.05) is 45.2 Å². The van der Waals surface area contributed by atoms with Gasteiger partial charge in [-0.15, -0.1) is 0 Å². The molecule has 2 aliphatic heterocycles. The average Bonchev–Trinajstić information content (AvgIpc) is 2.84.